The van der Waals surface area contributed by atoms with Gasteiger partial charge in [0.15, 0.2) is 0 Å². The van der Waals surface area contributed by atoms with Crippen LogP contribution in [0.15, 0.2) is 102 Å². The van der Waals surface area contributed by atoms with Crippen LogP contribution in [-0.4, -0.2) is 44.3 Å². The lowest BCUT2D eigenvalue weighted by atomic mass is 10.0. The van der Waals surface area contributed by atoms with E-state index < -0.39 is 28.5 Å². The maximum absolute atomic E-state index is 14.6. The maximum Gasteiger partial charge on any atom is 0.264 e. The van der Waals surface area contributed by atoms with Crippen LogP contribution in [0.25, 0.3) is 0 Å². The fourth-order valence-corrected chi connectivity index (χ4v) is 6.66. The molecular formula is C36H40ClN3O4S. The standard InChI is InChI=1S/C36H40ClN3O4S/c1-5-22-38-36(42)34(23-29-11-7-6-8-12-29)39(24-30-16-18-31(37)19-17-30)35(41)25-40(33-13-9-10-27(3)28(33)4)45(43,44)32-20-14-26(2)15-21-32/h6-21,34H,5,22-25H2,1-4H3,(H,38,42). The van der Waals surface area contributed by atoms with E-state index in [-0.39, 0.29) is 23.8 Å². The van der Waals surface area contributed by atoms with Gasteiger partial charge in [0.2, 0.25) is 11.8 Å². The van der Waals surface area contributed by atoms with E-state index in [1.54, 1.807) is 60.7 Å². The second kappa shape index (κ2) is 15.2. The molecule has 0 radical (unpaired) electrons. The minimum atomic E-state index is -4.17. The predicted octanol–water partition coefficient (Wildman–Crippen LogP) is 6.63. The highest BCUT2D eigenvalue weighted by Crippen LogP contribution is 2.29. The number of aryl methyl sites for hydroxylation is 2. The van der Waals surface area contributed by atoms with Gasteiger partial charge in [0.05, 0.1) is 10.6 Å². The third-order valence-corrected chi connectivity index (χ3v) is 9.85. The van der Waals surface area contributed by atoms with E-state index >= 15 is 0 Å². The molecule has 2 amide bonds. The normalized spacial score (nSPS) is 11.9. The molecular weight excluding hydrogens is 606 g/mol. The lowest BCUT2D eigenvalue weighted by Gasteiger charge is -2.34. The average molecular weight is 646 g/mol. The van der Waals surface area contributed by atoms with Crippen LogP contribution in [0.4, 0.5) is 5.69 Å². The summed E-state index contributed by atoms with van der Waals surface area (Å²) in [5, 5.41) is 3.50. The van der Waals surface area contributed by atoms with Gasteiger partial charge in [0, 0.05) is 24.5 Å². The summed E-state index contributed by atoms with van der Waals surface area (Å²) in [5.74, 6) is -0.809. The van der Waals surface area contributed by atoms with Crippen LogP contribution < -0.4 is 9.62 Å². The van der Waals surface area contributed by atoms with Crippen LogP contribution in [0.3, 0.4) is 0 Å². The van der Waals surface area contributed by atoms with Gasteiger partial charge in [-0.1, -0.05) is 90.8 Å². The Balaban J connectivity index is 1.82. The molecule has 0 heterocycles. The van der Waals surface area contributed by atoms with Gasteiger partial charge in [0.25, 0.3) is 10.0 Å². The molecule has 236 valence electrons. The highest BCUT2D eigenvalue weighted by Gasteiger charge is 2.35. The van der Waals surface area contributed by atoms with Crippen LogP contribution in [0.1, 0.15) is 41.2 Å². The molecule has 1 atom stereocenters. The highest BCUT2D eigenvalue weighted by molar-refractivity contribution is 7.92. The average Bonchev–Trinajstić information content (AvgIpc) is 3.03. The summed E-state index contributed by atoms with van der Waals surface area (Å²) in [6.45, 7) is 7.61. The zero-order chi connectivity index (χ0) is 32.6. The molecule has 0 aliphatic heterocycles. The van der Waals surface area contributed by atoms with Crippen LogP contribution in [0, 0.1) is 20.8 Å². The maximum atomic E-state index is 14.6. The van der Waals surface area contributed by atoms with Crippen molar-refractivity contribution in [2.24, 2.45) is 0 Å². The molecule has 4 rings (SSSR count). The van der Waals surface area contributed by atoms with Gasteiger partial charge in [0.1, 0.15) is 12.6 Å². The zero-order valence-corrected chi connectivity index (χ0v) is 27.7. The third-order valence-electron chi connectivity index (χ3n) is 7.82. The number of halogens is 1. The number of nitrogens with one attached hydrogen (secondary N) is 1. The summed E-state index contributed by atoms with van der Waals surface area (Å²) in [6, 6.07) is 27.6. The van der Waals surface area contributed by atoms with Gasteiger partial charge in [-0.05, 0) is 79.8 Å². The Morgan fingerprint density at radius 3 is 2.13 bits per heavy atom. The number of carbonyl (C=O) groups excluding carboxylic acids is 2. The Hall–Kier alpha value is -4.14. The molecule has 7 nitrogen and oxygen atoms in total. The van der Waals surface area contributed by atoms with Crippen LogP contribution in [-0.2, 0) is 32.6 Å². The Bertz CT molecular complexity index is 1710. The quantitative estimate of drug-likeness (QED) is 0.177. The summed E-state index contributed by atoms with van der Waals surface area (Å²) in [6.07, 6.45) is 0.980. The number of carbonyl (C=O) groups is 2. The number of sulfonamides is 1. The molecule has 0 saturated heterocycles. The topological polar surface area (TPSA) is 86.8 Å². The number of hydrogen-bond acceptors (Lipinski definition) is 4. The lowest BCUT2D eigenvalue weighted by Crippen LogP contribution is -2.53. The zero-order valence-electron chi connectivity index (χ0n) is 26.2. The number of nitrogens with zero attached hydrogens (tertiary/aromatic N) is 2. The number of hydrogen-bond donors (Lipinski definition) is 1. The lowest BCUT2D eigenvalue weighted by molar-refractivity contribution is -0.140. The van der Waals surface area contributed by atoms with Gasteiger partial charge >= 0.3 is 0 Å². The van der Waals surface area contributed by atoms with Gasteiger partial charge in [-0.25, -0.2) is 8.42 Å². The molecule has 45 heavy (non-hydrogen) atoms. The van der Waals surface area contributed by atoms with E-state index in [4.69, 9.17) is 11.6 Å². The molecule has 0 aliphatic carbocycles. The minimum absolute atomic E-state index is 0.0765. The van der Waals surface area contributed by atoms with E-state index in [9.17, 15) is 18.0 Å². The minimum Gasteiger partial charge on any atom is -0.354 e. The van der Waals surface area contributed by atoms with E-state index in [0.717, 1.165) is 34.2 Å². The fraction of sp³-hybridized carbons (Fsp3) is 0.278. The molecule has 0 aromatic heterocycles. The second-order valence-electron chi connectivity index (χ2n) is 11.2. The molecule has 0 fully saturated rings. The molecule has 1 N–H and O–H groups in total. The Labute approximate surface area is 271 Å². The molecule has 4 aromatic carbocycles. The van der Waals surface area contributed by atoms with Crippen LogP contribution >= 0.6 is 11.6 Å². The van der Waals surface area contributed by atoms with Crippen molar-refractivity contribution >= 4 is 39.1 Å². The Morgan fingerprint density at radius 2 is 1.49 bits per heavy atom. The van der Waals surface area contributed by atoms with Gasteiger partial charge < -0.3 is 10.2 Å². The number of amides is 2. The van der Waals surface area contributed by atoms with Gasteiger partial charge in [-0.3, -0.25) is 13.9 Å². The Morgan fingerprint density at radius 1 is 0.822 bits per heavy atom. The summed E-state index contributed by atoms with van der Waals surface area (Å²) >= 11 is 6.15. The number of benzene rings is 4. The van der Waals surface area contributed by atoms with E-state index in [1.165, 1.54) is 9.21 Å². The highest BCUT2D eigenvalue weighted by atomic mass is 35.5. The van der Waals surface area contributed by atoms with E-state index in [2.05, 4.69) is 5.32 Å². The van der Waals surface area contributed by atoms with Crippen molar-refractivity contribution in [1.82, 2.24) is 10.2 Å². The smallest absolute Gasteiger partial charge is 0.264 e. The Kier molecular flexibility index (Phi) is 11.4. The van der Waals surface area contributed by atoms with Gasteiger partial charge in [-0.2, -0.15) is 0 Å². The van der Waals surface area contributed by atoms with Gasteiger partial charge in [-0.15, -0.1) is 0 Å². The van der Waals surface area contributed by atoms with Crippen LogP contribution in [0.5, 0.6) is 0 Å². The summed E-state index contributed by atoms with van der Waals surface area (Å²) < 4.78 is 29.7. The molecule has 9 heteroatoms. The van der Waals surface area contributed by atoms with Crippen molar-refractivity contribution in [3.63, 3.8) is 0 Å². The summed E-state index contributed by atoms with van der Waals surface area (Å²) in [5.41, 5.74) is 4.59. The van der Waals surface area contributed by atoms with Crippen molar-refractivity contribution in [3.05, 3.63) is 130 Å². The number of rotatable bonds is 13. The molecule has 0 saturated carbocycles. The van der Waals surface area contributed by atoms with Crippen LogP contribution in [0.2, 0.25) is 5.02 Å². The first-order valence-corrected chi connectivity index (χ1v) is 16.8. The first kappa shape index (κ1) is 33.7. The molecule has 0 bridgehead atoms. The van der Waals surface area contributed by atoms with E-state index in [1.807, 2.05) is 64.1 Å². The van der Waals surface area contributed by atoms with E-state index in [0.29, 0.717) is 17.3 Å². The molecule has 0 spiro atoms. The fourth-order valence-electron chi connectivity index (χ4n) is 5.06. The van der Waals surface area contributed by atoms with Crippen molar-refractivity contribution in [2.45, 2.75) is 58.0 Å². The van der Waals surface area contributed by atoms with Crippen molar-refractivity contribution in [1.29, 1.82) is 0 Å². The van der Waals surface area contributed by atoms with Crippen molar-refractivity contribution in [2.75, 3.05) is 17.4 Å². The first-order valence-electron chi connectivity index (χ1n) is 15.0. The SMILES string of the molecule is CCCNC(=O)C(Cc1ccccc1)N(Cc1ccc(Cl)cc1)C(=O)CN(c1cccc(C)c1C)S(=O)(=O)c1ccc(C)cc1. The van der Waals surface area contributed by atoms with Crippen molar-refractivity contribution < 1.29 is 18.0 Å². The largest absolute Gasteiger partial charge is 0.354 e. The predicted molar refractivity (Wildman–Crippen MR) is 181 cm³/mol. The number of anilines is 1. The van der Waals surface area contributed by atoms with Crippen molar-refractivity contribution in [3.8, 4) is 0 Å². The molecule has 0 aliphatic rings. The molecule has 4 aromatic rings. The summed E-state index contributed by atoms with van der Waals surface area (Å²) in [7, 11) is -4.17. The molecule has 1 unspecified atom stereocenters. The third kappa shape index (κ3) is 8.53. The monoisotopic (exact) mass is 645 g/mol. The first-order chi connectivity index (χ1) is 21.5. The summed E-state index contributed by atoms with van der Waals surface area (Å²) in [4.78, 5) is 29.9. The second-order valence-corrected chi connectivity index (χ2v) is 13.5.